The highest BCUT2D eigenvalue weighted by atomic mass is 19.2. The Morgan fingerprint density at radius 3 is 1.10 bits per heavy atom. The Morgan fingerprint density at radius 1 is 0.400 bits per heavy atom. The lowest BCUT2D eigenvalue weighted by molar-refractivity contribution is 0.407. The van der Waals surface area contributed by atoms with E-state index in [1.165, 1.54) is 19.2 Å². The zero-order valence-electron chi connectivity index (χ0n) is 20.1. The zero-order chi connectivity index (χ0) is 29.2. The standard InChI is InChI=1S/C28H12F10O2/c1-39-10-5-3-9(4-6-10)14-17-19(23(33)27(37)25(35)21(17)31)16(15-12(29)7-11(40-2)8-13(15)30)20-18(14)22(32)26(36)28(38)24(20)34/h3-8H,1-2H3. The van der Waals surface area contributed by atoms with Crippen LogP contribution in [-0.4, -0.2) is 14.2 Å². The van der Waals surface area contributed by atoms with Crippen LogP contribution in [0.4, 0.5) is 43.9 Å². The van der Waals surface area contributed by atoms with E-state index in [1.807, 2.05) is 0 Å². The quantitative estimate of drug-likeness (QED) is 0.0932. The monoisotopic (exact) mass is 570 g/mol. The smallest absolute Gasteiger partial charge is 0.198 e. The summed E-state index contributed by atoms with van der Waals surface area (Å²) in [6, 6.07) is 5.56. The minimum absolute atomic E-state index is 0.170. The first-order chi connectivity index (χ1) is 18.9. The second-order valence-electron chi connectivity index (χ2n) is 8.46. The molecule has 0 fully saturated rings. The Labute approximate surface area is 218 Å². The van der Waals surface area contributed by atoms with Gasteiger partial charge in [0.1, 0.15) is 23.1 Å². The molecule has 0 amide bonds. The van der Waals surface area contributed by atoms with Crippen LogP contribution in [-0.2, 0) is 0 Å². The van der Waals surface area contributed by atoms with E-state index in [4.69, 9.17) is 9.47 Å². The molecule has 2 nitrogen and oxygen atoms in total. The maximum atomic E-state index is 15.5. The van der Waals surface area contributed by atoms with Crippen molar-refractivity contribution in [2.75, 3.05) is 14.2 Å². The first-order valence-corrected chi connectivity index (χ1v) is 11.1. The fraction of sp³-hybridized carbons (Fsp3) is 0.0714. The van der Waals surface area contributed by atoms with Crippen molar-refractivity contribution in [1.29, 1.82) is 0 Å². The Balaban J connectivity index is 2.21. The van der Waals surface area contributed by atoms with E-state index in [9.17, 15) is 17.6 Å². The molecule has 5 aromatic rings. The Kier molecular flexibility index (Phi) is 6.51. The van der Waals surface area contributed by atoms with E-state index in [0.717, 1.165) is 19.2 Å². The lowest BCUT2D eigenvalue weighted by Gasteiger charge is -2.21. The second-order valence-corrected chi connectivity index (χ2v) is 8.46. The Morgan fingerprint density at radius 2 is 0.750 bits per heavy atom. The maximum Gasteiger partial charge on any atom is 0.198 e. The summed E-state index contributed by atoms with van der Waals surface area (Å²) in [7, 11) is 2.27. The molecule has 206 valence electrons. The molecular formula is C28H12F10O2. The van der Waals surface area contributed by atoms with E-state index >= 15 is 26.3 Å². The number of hydrogen-bond donors (Lipinski definition) is 0. The Hall–Kier alpha value is -4.48. The molecule has 12 heteroatoms. The van der Waals surface area contributed by atoms with Crippen LogP contribution in [0.15, 0.2) is 36.4 Å². The van der Waals surface area contributed by atoms with Crippen molar-refractivity contribution in [1.82, 2.24) is 0 Å². The number of methoxy groups -OCH3 is 2. The van der Waals surface area contributed by atoms with Gasteiger partial charge in [-0.05, 0) is 17.7 Å². The van der Waals surface area contributed by atoms with Crippen LogP contribution in [0.1, 0.15) is 0 Å². The molecule has 0 atom stereocenters. The van der Waals surface area contributed by atoms with Crippen LogP contribution < -0.4 is 9.47 Å². The summed E-state index contributed by atoms with van der Waals surface area (Å²) in [6.07, 6.45) is 0. The first-order valence-electron chi connectivity index (χ1n) is 11.1. The highest BCUT2D eigenvalue weighted by Gasteiger charge is 2.35. The van der Waals surface area contributed by atoms with Crippen LogP contribution >= 0.6 is 0 Å². The van der Waals surface area contributed by atoms with Crippen LogP contribution in [0.2, 0.25) is 0 Å². The van der Waals surface area contributed by atoms with Gasteiger partial charge in [0.2, 0.25) is 0 Å². The van der Waals surface area contributed by atoms with Crippen molar-refractivity contribution >= 4 is 21.5 Å². The van der Waals surface area contributed by atoms with Gasteiger partial charge in [-0.2, -0.15) is 0 Å². The molecular weight excluding hydrogens is 558 g/mol. The van der Waals surface area contributed by atoms with Gasteiger partial charge >= 0.3 is 0 Å². The second kappa shape index (κ2) is 9.61. The largest absolute Gasteiger partial charge is 0.497 e. The van der Waals surface area contributed by atoms with E-state index < -0.39 is 102 Å². The minimum Gasteiger partial charge on any atom is -0.497 e. The average Bonchev–Trinajstić information content (AvgIpc) is 2.95. The summed E-state index contributed by atoms with van der Waals surface area (Å²) in [5, 5.41) is -5.60. The first kappa shape index (κ1) is 27.1. The molecule has 0 spiro atoms. The molecule has 0 aliphatic rings. The highest BCUT2D eigenvalue weighted by molar-refractivity contribution is 6.22. The fourth-order valence-electron chi connectivity index (χ4n) is 4.66. The van der Waals surface area contributed by atoms with Gasteiger partial charge in [0.25, 0.3) is 0 Å². The van der Waals surface area contributed by atoms with Crippen molar-refractivity contribution in [3.63, 3.8) is 0 Å². The number of benzene rings is 5. The summed E-state index contributed by atoms with van der Waals surface area (Å²) in [4.78, 5) is 0. The van der Waals surface area contributed by atoms with Gasteiger partial charge in [0, 0.05) is 44.8 Å². The molecule has 0 aliphatic carbocycles. The molecule has 0 radical (unpaired) electrons. The fourth-order valence-corrected chi connectivity index (χ4v) is 4.66. The van der Waals surface area contributed by atoms with Crippen molar-refractivity contribution in [3.05, 3.63) is 94.6 Å². The van der Waals surface area contributed by atoms with Gasteiger partial charge in [-0.15, -0.1) is 0 Å². The van der Waals surface area contributed by atoms with Crippen LogP contribution in [0.5, 0.6) is 11.5 Å². The predicted molar refractivity (Wildman–Crippen MR) is 125 cm³/mol. The molecule has 40 heavy (non-hydrogen) atoms. The summed E-state index contributed by atoms with van der Waals surface area (Å²) in [5.41, 5.74) is -4.17. The average molecular weight is 570 g/mol. The molecule has 0 saturated heterocycles. The molecule has 0 bridgehead atoms. The lowest BCUT2D eigenvalue weighted by Crippen LogP contribution is -2.08. The molecule has 0 aliphatic heterocycles. The Bertz CT molecular complexity index is 1760. The van der Waals surface area contributed by atoms with Crippen LogP contribution in [0.25, 0.3) is 43.8 Å². The van der Waals surface area contributed by atoms with Gasteiger partial charge in [0.05, 0.1) is 19.8 Å². The number of halogens is 10. The van der Waals surface area contributed by atoms with Crippen molar-refractivity contribution in [2.45, 2.75) is 0 Å². The van der Waals surface area contributed by atoms with Gasteiger partial charge in [-0.25, -0.2) is 43.9 Å². The molecule has 5 rings (SSSR count). The minimum atomic E-state index is -2.47. The molecule has 0 aromatic heterocycles. The molecule has 0 heterocycles. The van der Waals surface area contributed by atoms with Crippen molar-refractivity contribution < 1.29 is 53.4 Å². The number of rotatable bonds is 4. The van der Waals surface area contributed by atoms with Gasteiger partial charge in [-0.3, -0.25) is 0 Å². The summed E-state index contributed by atoms with van der Waals surface area (Å²) in [6.45, 7) is 0. The SMILES string of the molecule is COc1ccc(-c2c3c(F)c(F)c(F)c(F)c3c(-c3c(F)cc(OC)cc3F)c3c(F)c(F)c(F)c(F)c23)cc1. The predicted octanol–water partition coefficient (Wildman–Crippen LogP) is 8.74. The van der Waals surface area contributed by atoms with Crippen LogP contribution in [0, 0.1) is 58.2 Å². The van der Waals surface area contributed by atoms with Gasteiger partial charge in [0.15, 0.2) is 46.5 Å². The normalized spacial score (nSPS) is 11.5. The van der Waals surface area contributed by atoms with E-state index in [2.05, 4.69) is 0 Å². The maximum absolute atomic E-state index is 15.5. The molecule has 0 N–H and O–H groups in total. The number of ether oxygens (including phenoxy) is 2. The third kappa shape index (κ3) is 3.73. The van der Waals surface area contributed by atoms with Crippen molar-refractivity contribution in [3.8, 4) is 33.8 Å². The third-order valence-electron chi connectivity index (χ3n) is 6.41. The summed E-state index contributed by atoms with van der Waals surface area (Å²) >= 11 is 0. The topological polar surface area (TPSA) is 18.5 Å². The molecule has 0 unspecified atom stereocenters. The highest BCUT2D eigenvalue weighted by Crippen LogP contribution is 2.50. The number of hydrogen-bond acceptors (Lipinski definition) is 2. The molecule has 5 aromatic carbocycles. The van der Waals surface area contributed by atoms with E-state index in [0.29, 0.717) is 12.1 Å². The van der Waals surface area contributed by atoms with Gasteiger partial charge in [-0.1, -0.05) is 12.1 Å². The third-order valence-corrected chi connectivity index (χ3v) is 6.41. The van der Waals surface area contributed by atoms with E-state index in [-0.39, 0.29) is 11.3 Å². The van der Waals surface area contributed by atoms with Crippen LogP contribution in [0.3, 0.4) is 0 Å². The summed E-state index contributed by atoms with van der Waals surface area (Å²) in [5.74, 6) is -22.2. The zero-order valence-corrected chi connectivity index (χ0v) is 20.1. The lowest BCUT2D eigenvalue weighted by atomic mass is 9.84. The van der Waals surface area contributed by atoms with Gasteiger partial charge < -0.3 is 9.47 Å². The summed E-state index contributed by atoms with van der Waals surface area (Å²) < 4.78 is 160. The molecule has 0 saturated carbocycles. The van der Waals surface area contributed by atoms with E-state index in [1.54, 1.807) is 0 Å². The van der Waals surface area contributed by atoms with Crippen molar-refractivity contribution in [2.24, 2.45) is 0 Å². The number of fused-ring (bicyclic) bond motifs is 2.